The van der Waals surface area contributed by atoms with Crippen molar-refractivity contribution in [2.24, 2.45) is 0 Å². The molecule has 1 aliphatic rings. The van der Waals surface area contributed by atoms with Crippen LogP contribution < -0.4 is 9.47 Å². The lowest BCUT2D eigenvalue weighted by Crippen LogP contribution is -2.47. The van der Waals surface area contributed by atoms with Gasteiger partial charge in [-0.15, -0.1) is 0 Å². The third-order valence-corrected chi connectivity index (χ3v) is 6.70. The quantitative estimate of drug-likeness (QED) is 0.351. The fourth-order valence-corrected chi connectivity index (χ4v) is 4.52. The Hall–Kier alpha value is -2.99. The Balaban J connectivity index is 1.33. The molecule has 0 aromatic heterocycles. The van der Waals surface area contributed by atoms with Crippen molar-refractivity contribution in [3.05, 3.63) is 99.5 Å². The van der Waals surface area contributed by atoms with Crippen molar-refractivity contribution in [3.63, 3.8) is 0 Å². The SMILES string of the molecule is COc1ccc(/C=C/C(=O)N2CCN(Cc3c(Cl)cccc3Cl)CC2)cc1COc1ccccc1. The normalized spacial score (nSPS) is 14.3. The summed E-state index contributed by atoms with van der Waals surface area (Å²) in [6.07, 6.45) is 3.47. The summed E-state index contributed by atoms with van der Waals surface area (Å²) in [6, 6.07) is 21.0. The van der Waals surface area contributed by atoms with Crippen molar-refractivity contribution in [2.45, 2.75) is 13.2 Å². The molecule has 182 valence electrons. The lowest BCUT2D eigenvalue weighted by atomic mass is 10.1. The summed E-state index contributed by atoms with van der Waals surface area (Å²) in [5, 5.41) is 1.35. The molecule has 1 amide bonds. The zero-order valence-corrected chi connectivity index (χ0v) is 21.1. The Bertz CT molecular complexity index is 1160. The number of nitrogens with zero attached hydrogens (tertiary/aromatic N) is 2. The van der Waals surface area contributed by atoms with E-state index < -0.39 is 0 Å². The van der Waals surface area contributed by atoms with E-state index in [1.54, 1.807) is 13.2 Å². The second-order valence-corrected chi connectivity index (χ2v) is 9.12. The van der Waals surface area contributed by atoms with Crippen LogP contribution in [0.1, 0.15) is 16.7 Å². The topological polar surface area (TPSA) is 42.0 Å². The van der Waals surface area contributed by atoms with E-state index in [2.05, 4.69) is 4.90 Å². The second-order valence-electron chi connectivity index (χ2n) is 8.31. The number of hydrogen-bond acceptors (Lipinski definition) is 4. The van der Waals surface area contributed by atoms with Gasteiger partial charge < -0.3 is 14.4 Å². The minimum absolute atomic E-state index is 0.00155. The van der Waals surface area contributed by atoms with Crippen molar-refractivity contribution < 1.29 is 14.3 Å². The van der Waals surface area contributed by atoms with Gasteiger partial charge in [0.25, 0.3) is 0 Å². The van der Waals surface area contributed by atoms with Gasteiger partial charge >= 0.3 is 0 Å². The predicted octanol–water partition coefficient (Wildman–Crippen LogP) is 5.94. The van der Waals surface area contributed by atoms with Crippen molar-refractivity contribution in [2.75, 3.05) is 33.3 Å². The van der Waals surface area contributed by atoms with E-state index in [4.69, 9.17) is 32.7 Å². The summed E-state index contributed by atoms with van der Waals surface area (Å²) >= 11 is 12.6. The maximum atomic E-state index is 12.8. The summed E-state index contributed by atoms with van der Waals surface area (Å²) in [5.74, 6) is 1.54. The lowest BCUT2D eigenvalue weighted by Gasteiger charge is -2.34. The second kappa shape index (κ2) is 12.1. The van der Waals surface area contributed by atoms with Gasteiger partial charge in [-0.25, -0.2) is 0 Å². The molecule has 0 atom stereocenters. The highest BCUT2D eigenvalue weighted by Gasteiger charge is 2.21. The van der Waals surface area contributed by atoms with Gasteiger partial charge in [-0.05, 0) is 48.0 Å². The number of amides is 1. The molecular weight excluding hydrogens is 483 g/mol. The van der Waals surface area contributed by atoms with Crippen LogP contribution in [0.15, 0.2) is 72.8 Å². The van der Waals surface area contributed by atoms with E-state index in [0.29, 0.717) is 36.3 Å². The van der Waals surface area contributed by atoms with Crippen LogP contribution in [0.2, 0.25) is 10.0 Å². The number of carbonyl (C=O) groups excluding carboxylic acids is 1. The molecule has 0 aliphatic carbocycles. The summed E-state index contributed by atoms with van der Waals surface area (Å²) in [5.41, 5.74) is 2.76. The third kappa shape index (κ3) is 6.79. The van der Waals surface area contributed by atoms with Gasteiger partial charge in [-0.3, -0.25) is 9.69 Å². The Morgan fingerprint density at radius 3 is 2.34 bits per heavy atom. The van der Waals surface area contributed by atoms with Crippen LogP contribution in [0.4, 0.5) is 0 Å². The van der Waals surface area contributed by atoms with E-state index in [9.17, 15) is 4.79 Å². The van der Waals surface area contributed by atoms with Gasteiger partial charge in [0.15, 0.2) is 0 Å². The molecule has 1 fully saturated rings. The number of rotatable bonds is 8. The molecule has 4 rings (SSSR count). The highest BCUT2D eigenvalue weighted by Crippen LogP contribution is 2.26. The molecule has 0 bridgehead atoms. The first kappa shape index (κ1) is 25.1. The Kier molecular flexibility index (Phi) is 8.69. The van der Waals surface area contributed by atoms with E-state index >= 15 is 0 Å². The molecule has 0 saturated carbocycles. The van der Waals surface area contributed by atoms with Gasteiger partial charge in [0.2, 0.25) is 5.91 Å². The summed E-state index contributed by atoms with van der Waals surface area (Å²) in [7, 11) is 1.64. The molecule has 0 unspecified atom stereocenters. The van der Waals surface area contributed by atoms with Gasteiger partial charge in [-0.2, -0.15) is 0 Å². The molecule has 7 heteroatoms. The summed E-state index contributed by atoms with van der Waals surface area (Å²) in [6.45, 7) is 3.90. The van der Waals surface area contributed by atoms with Crippen molar-refractivity contribution in [3.8, 4) is 11.5 Å². The minimum atomic E-state index is -0.00155. The first-order valence-corrected chi connectivity index (χ1v) is 12.3. The first-order valence-electron chi connectivity index (χ1n) is 11.5. The van der Waals surface area contributed by atoms with Crippen molar-refractivity contribution in [1.82, 2.24) is 9.80 Å². The summed E-state index contributed by atoms with van der Waals surface area (Å²) < 4.78 is 11.4. The van der Waals surface area contributed by atoms with Gasteiger partial charge in [0, 0.05) is 60.0 Å². The molecular formula is C28H28Cl2N2O3. The van der Waals surface area contributed by atoms with E-state index in [0.717, 1.165) is 41.3 Å². The number of para-hydroxylation sites is 1. The smallest absolute Gasteiger partial charge is 0.246 e. The van der Waals surface area contributed by atoms with E-state index in [1.807, 2.05) is 77.7 Å². The highest BCUT2D eigenvalue weighted by molar-refractivity contribution is 6.35. The molecule has 3 aromatic rings. The van der Waals surface area contributed by atoms with Gasteiger partial charge in [0.05, 0.1) is 7.11 Å². The van der Waals surface area contributed by atoms with Gasteiger partial charge in [0.1, 0.15) is 18.1 Å². The molecule has 5 nitrogen and oxygen atoms in total. The summed E-state index contributed by atoms with van der Waals surface area (Å²) in [4.78, 5) is 16.9. The average molecular weight is 511 g/mol. The molecule has 35 heavy (non-hydrogen) atoms. The minimum Gasteiger partial charge on any atom is -0.496 e. The van der Waals surface area contributed by atoms with E-state index in [-0.39, 0.29) is 5.91 Å². The number of methoxy groups -OCH3 is 1. The van der Waals surface area contributed by atoms with Crippen molar-refractivity contribution in [1.29, 1.82) is 0 Å². The van der Waals surface area contributed by atoms with Crippen LogP contribution in [-0.2, 0) is 17.9 Å². The Morgan fingerprint density at radius 2 is 1.66 bits per heavy atom. The van der Waals surface area contributed by atoms with E-state index in [1.165, 1.54) is 0 Å². The van der Waals surface area contributed by atoms with Crippen LogP contribution in [0.3, 0.4) is 0 Å². The fourth-order valence-electron chi connectivity index (χ4n) is 4.00. The molecule has 3 aromatic carbocycles. The Morgan fingerprint density at radius 1 is 0.943 bits per heavy atom. The molecule has 1 saturated heterocycles. The predicted molar refractivity (Wildman–Crippen MR) is 141 cm³/mol. The number of halogens is 2. The maximum absolute atomic E-state index is 12.8. The van der Waals surface area contributed by atoms with Crippen molar-refractivity contribution >= 4 is 35.2 Å². The molecule has 1 heterocycles. The molecule has 0 radical (unpaired) electrons. The lowest BCUT2D eigenvalue weighted by molar-refractivity contribution is -0.127. The van der Waals surface area contributed by atoms with Crippen LogP contribution in [0, 0.1) is 0 Å². The van der Waals surface area contributed by atoms with Crippen LogP contribution in [0.5, 0.6) is 11.5 Å². The molecule has 0 N–H and O–H groups in total. The first-order chi connectivity index (χ1) is 17.0. The number of piperazine rings is 1. The van der Waals surface area contributed by atoms with Gasteiger partial charge in [-0.1, -0.05) is 53.5 Å². The zero-order chi connectivity index (χ0) is 24.6. The Labute approximate surface area is 216 Å². The number of carbonyl (C=O) groups is 1. The highest BCUT2D eigenvalue weighted by atomic mass is 35.5. The zero-order valence-electron chi connectivity index (χ0n) is 19.6. The monoisotopic (exact) mass is 510 g/mol. The fraction of sp³-hybridized carbons (Fsp3) is 0.250. The van der Waals surface area contributed by atoms with Crippen LogP contribution >= 0.6 is 23.2 Å². The molecule has 1 aliphatic heterocycles. The van der Waals surface area contributed by atoms with Crippen LogP contribution in [0.25, 0.3) is 6.08 Å². The average Bonchev–Trinajstić information content (AvgIpc) is 2.89. The number of benzene rings is 3. The number of hydrogen-bond donors (Lipinski definition) is 0. The largest absolute Gasteiger partial charge is 0.496 e. The standard InChI is InChI=1S/C28H28Cl2N2O3/c1-34-27-12-10-21(18-22(27)20-35-23-6-3-2-4-7-23)11-13-28(33)32-16-14-31(15-17-32)19-24-25(29)8-5-9-26(24)30/h2-13,18H,14-17,19-20H2,1H3/b13-11+. The third-order valence-electron chi connectivity index (χ3n) is 5.99. The van der Waals surface area contributed by atoms with Crippen LogP contribution in [-0.4, -0.2) is 49.0 Å². The number of ether oxygens (including phenoxy) is 2. The maximum Gasteiger partial charge on any atom is 0.246 e. The molecule has 0 spiro atoms.